The third-order valence-corrected chi connectivity index (χ3v) is 3.50. The third-order valence-electron chi connectivity index (χ3n) is 3.25. The molecule has 130 valence electrons. The van der Waals surface area contributed by atoms with Crippen molar-refractivity contribution in [3.05, 3.63) is 65.0 Å². The second-order valence-electron chi connectivity index (χ2n) is 5.21. The Balaban J connectivity index is 0.00000225. The van der Waals surface area contributed by atoms with E-state index in [4.69, 9.17) is 21.9 Å². The molecule has 0 radical (unpaired) electrons. The number of halogens is 2. The van der Waals surface area contributed by atoms with Crippen LogP contribution >= 0.6 is 35.6 Å². The van der Waals surface area contributed by atoms with Crippen molar-refractivity contribution in [3.8, 4) is 11.4 Å². The first-order chi connectivity index (χ1) is 11.6. The number of rotatable bonds is 4. The van der Waals surface area contributed by atoms with Crippen molar-refractivity contribution in [3.63, 3.8) is 0 Å². The Kier molecular flexibility index (Phi) is 6.77. The molecule has 0 aliphatic carbocycles. The van der Waals surface area contributed by atoms with E-state index in [1.807, 2.05) is 43.3 Å². The molecule has 3 N–H and O–H groups in total. The van der Waals surface area contributed by atoms with Gasteiger partial charge in [-0.05, 0) is 48.9 Å². The third kappa shape index (κ3) is 5.43. The number of benzene rings is 2. The van der Waals surface area contributed by atoms with Crippen LogP contribution in [-0.4, -0.2) is 16.1 Å². The van der Waals surface area contributed by atoms with Crippen LogP contribution in [0.4, 0.5) is 5.69 Å². The van der Waals surface area contributed by atoms with Gasteiger partial charge in [0.1, 0.15) is 6.54 Å². The Morgan fingerprint density at radius 2 is 2.00 bits per heavy atom. The Morgan fingerprint density at radius 1 is 1.24 bits per heavy atom. The van der Waals surface area contributed by atoms with Gasteiger partial charge in [0, 0.05) is 16.3 Å². The Hall–Kier alpha value is -2.13. The lowest BCUT2D eigenvalue weighted by molar-refractivity contribution is 0.381. The number of hydrogen-bond donors (Lipinski definition) is 2. The molecule has 2 aromatic carbocycles. The molecular formula is C17H17ClIN5O. The predicted molar refractivity (Wildman–Crippen MR) is 110 cm³/mol. The summed E-state index contributed by atoms with van der Waals surface area (Å²) in [7, 11) is 0. The van der Waals surface area contributed by atoms with Crippen LogP contribution < -0.4 is 11.1 Å². The number of aliphatic imine (C=N–C) groups is 1. The van der Waals surface area contributed by atoms with Gasteiger partial charge in [-0.25, -0.2) is 4.99 Å². The Bertz CT molecular complexity index is 863. The second kappa shape index (κ2) is 8.82. The quantitative estimate of drug-likeness (QED) is 0.339. The SMILES string of the molecule is Cc1cccc(NC(N)=NCc2nc(-c3ccc(Cl)cc3)no2)c1.I. The first-order valence-electron chi connectivity index (χ1n) is 7.32. The summed E-state index contributed by atoms with van der Waals surface area (Å²) in [6, 6.07) is 15.1. The highest BCUT2D eigenvalue weighted by Gasteiger charge is 2.08. The summed E-state index contributed by atoms with van der Waals surface area (Å²) in [5.74, 6) is 1.16. The van der Waals surface area contributed by atoms with Gasteiger partial charge in [-0.3, -0.25) is 0 Å². The first-order valence-corrected chi connectivity index (χ1v) is 7.70. The normalized spacial score (nSPS) is 11.0. The smallest absolute Gasteiger partial charge is 0.248 e. The summed E-state index contributed by atoms with van der Waals surface area (Å²) in [6.07, 6.45) is 0. The molecule has 0 amide bonds. The van der Waals surface area contributed by atoms with Crippen molar-refractivity contribution in [2.45, 2.75) is 13.5 Å². The minimum Gasteiger partial charge on any atom is -0.370 e. The van der Waals surface area contributed by atoms with Crippen LogP contribution in [0, 0.1) is 6.92 Å². The number of aryl methyl sites for hydroxylation is 1. The van der Waals surface area contributed by atoms with Crippen molar-refractivity contribution in [1.29, 1.82) is 0 Å². The summed E-state index contributed by atoms with van der Waals surface area (Å²) >= 11 is 5.86. The molecule has 0 aliphatic heterocycles. The molecule has 0 aliphatic rings. The lowest BCUT2D eigenvalue weighted by Crippen LogP contribution is -2.22. The summed E-state index contributed by atoms with van der Waals surface area (Å²) in [5.41, 5.74) is 8.71. The van der Waals surface area contributed by atoms with E-state index in [0.717, 1.165) is 16.8 Å². The zero-order valence-corrected chi connectivity index (χ0v) is 16.5. The molecule has 25 heavy (non-hydrogen) atoms. The van der Waals surface area contributed by atoms with E-state index in [1.165, 1.54) is 0 Å². The average Bonchev–Trinajstić information content (AvgIpc) is 3.03. The van der Waals surface area contributed by atoms with Crippen LogP contribution in [0.5, 0.6) is 0 Å². The molecule has 1 aromatic heterocycles. The molecule has 1 heterocycles. The lowest BCUT2D eigenvalue weighted by Gasteiger charge is -2.05. The lowest BCUT2D eigenvalue weighted by atomic mass is 10.2. The number of nitrogens with zero attached hydrogens (tertiary/aromatic N) is 3. The fraction of sp³-hybridized carbons (Fsp3) is 0.118. The van der Waals surface area contributed by atoms with Gasteiger partial charge in [-0.2, -0.15) is 4.98 Å². The van der Waals surface area contributed by atoms with Gasteiger partial charge >= 0.3 is 0 Å². The molecule has 0 bridgehead atoms. The van der Waals surface area contributed by atoms with Gasteiger partial charge in [-0.15, -0.1) is 24.0 Å². The molecule has 0 saturated heterocycles. The van der Waals surface area contributed by atoms with E-state index < -0.39 is 0 Å². The van der Waals surface area contributed by atoms with E-state index in [0.29, 0.717) is 16.7 Å². The maximum absolute atomic E-state index is 5.87. The highest BCUT2D eigenvalue weighted by molar-refractivity contribution is 14.0. The summed E-state index contributed by atoms with van der Waals surface area (Å²) in [5, 5.41) is 7.61. The van der Waals surface area contributed by atoms with Crippen molar-refractivity contribution >= 4 is 47.2 Å². The van der Waals surface area contributed by atoms with Crippen molar-refractivity contribution < 1.29 is 4.52 Å². The van der Waals surface area contributed by atoms with Gasteiger partial charge in [0.15, 0.2) is 5.96 Å². The Morgan fingerprint density at radius 3 is 2.72 bits per heavy atom. The van der Waals surface area contributed by atoms with Crippen LogP contribution in [0.2, 0.25) is 5.02 Å². The van der Waals surface area contributed by atoms with Gasteiger partial charge < -0.3 is 15.6 Å². The minimum atomic E-state index is 0. The molecule has 0 fully saturated rings. The average molecular weight is 470 g/mol. The van der Waals surface area contributed by atoms with Crippen LogP contribution in [-0.2, 0) is 6.54 Å². The first kappa shape index (κ1) is 19.2. The van der Waals surface area contributed by atoms with Gasteiger partial charge in [-0.1, -0.05) is 28.9 Å². The highest BCUT2D eigenvalue weighted by Crippen LogP contribution is 2.18. The topological polar surface area (TPSA) is 89.3 Å². The zero-order valence-electron chi connectivity index (χ0n) is 13.4. The van der Waals surface area contributed by atoms with Crippen LogP contribution in [0.15, 0.2) is 58.0 Å². The fourth-order valence-electron chi connectivity index (χ4n) is 2.10. The summed E-state index contributed by atoms with van der Waals surface area (Å²) < 4.78 is 5.18. The molecule has 8 heteroatoms. The van der Waals surface area contributed by atoms with Crippen molar-refractivity contribution in [2.75, 3.05) is 5.32 Å². The van der Waals surface area contributed by atoms with E-state index in [-0.39, 0.29) is 36.5 Å². The number of aromatic nitrogens is 2. The monoisotopic (exact) mass is 469 g/mol. The Labute approximate surface area is 167 Å². The molecule has 6 nitrogen and oxygen atoms in total. The minimum absolute atomic E-state index is 0. The molecule has 3 rings (SSSR count). The van der Waals surface area contributed by atoms with E-state index in [2.05, 4.69) is 20.4 Å². The maximum Gasteiger partial charge on any atom is 0.248 e. The van der Waals surface area contributed by atoms with E-state index in [1.54, 1.807) is 12.1 Å². The molecular weight excluding hydrogens is 453 g/mol. The van der Waals surface area contributed by atoms with Gasteiger partial charge in [0.05, 0.1) is 0 Å². The maximum atomic E-state index is 5.87. The van der Waals surface area contributed by atoms with Crippen molar-refractivity contribution in [2.24, 2.45) is 10.7 Å². The fourth-order valence-corrected chi connectivity index (χ4v) is 2.22. The zero-order chi connectivity index (χ0) is 16.9. The number of guanidine groups is 1. The van der Waals surface area contributed by atoms with Gasteiger partial charge in [0.25, 0.3) is 0 Å². The molecule has 0 saturated carbocycles. The standard InChI is InChI=1S/C17H16ClN5O.HI/c1-11-3-2-4-14(9-11)21-17(19)20-10-15-22-16(23-24-15)12-5-7-13(18)8-6-12;/h2-9H,10H2,1H3,(H3,19,20,21);1H. The predicted octanol–water partition coefficient (Wildman–Crippen LogP) is 4.24. The molecule has 0 atom stereocenters. The summed E-state index contributed by atoms with van der Waals surface area (Å²) in [4.78, 5) is 8.50. The number of hydrogen-bond acceptors (Lipinski definition) is 4. The van der Waals surface area contributed by atoms with Crippen LogP contribution in [0.3, 0.4) is 0 Å². The van der Waals surface area contributed by atoms with Gasteiger partial charge in [0.2, 0.25) is 11.7 Å². The number of anilines is 1. The summed E-state index contributed by atoms with van der Waals surface area (Å²) in [6.45, 7) is 2.21. The van der Waals surface area contributed by atoms with Crippen LogP contribution in [0.1, 0.15) is 11.5 Å². The molecule has 3 aromatic rings. The van der Waals surface area contributed by atoms with Crippen LogP contribution in [0.25, 0.3) is 11.4 Å². The van der Waals surface area contributed by atoms with Crippen molar-refractivity contribution in [1.82, 2.24) is 10.1 Å². The highest BCUT2D eigenvalue weighted by atomic mass is 127. The van der Waals surface area contributed by atoms with E-state index >= 15 is 0 Å². The number of nitrogens with one attached hydrogen (secondary N) is 1. The second-order valence-corrected chi connectivity index (χ2v) is 5.65. The largest absolute Gasteiger partial charge is 0.370 e. The molecule has 0 spiro atoms. The number of nitrogens with two attached hydrogens (primary N) is 1. The molecule has 0 unspecified atom stereocenters. The van der Waals surface area contributed by atoms with E-state index in [9.17, 15) is 0 Å².